The first-order valence-corrected chi connectivity index (χ1v) is 6.94. The van der Waals surface area contributed by atoms with Crippen LogP contribution in [0, 0.1) is 17.7 Å². The van der Waals surface area contributed by atoms with Crippen molar-refractivity contribution in [1.82, 2.24) is 5.32 Å². The Morgan fingerprint density at radius 2 is 2.17 bits per heavy atom. The van der Waals surface area contributed by atoms with Crippen LogP contribution in [0.2, 0.25) is 0 Å². The number of hydrogen-bond acceptors (Lipinski definition) is 1. The molecule has 2 aliphatic carbocycles. The predicted molar refractivity (Wildman–Crippen MR) is 75.0 cm³/mol. The summed E-state index contributed by atoms with van der Waals surface area (Å²) in [6.45, 7) is 0. The van der Waals surface area contributed by atoms with Gasteiger partial charge in [0.05, 0.1) is 0 Å². The summed E-state index contributed by atoms with van der Waals surface area (Å²) in [5, 5.41) is 7.03. The van der Waals surface area contributed by atoms with Crippen molar-refractivity contribution in [2.24, 2.45) is 11.8 Å². The molecule has 0 amide bonds. The monoisotopic (exact) mass is 264 g/mol. The molecule has 2 fully saturated rings. The third kappa shape index (κ3) is 2.48. The van der Waals surface area contributed by atoms with E-state index in [1.807, 2.05) is 6.07 Å². The largest absolute Gasteiger partial charge is 0.359 e. The fourth-order valence-electron chi connectivity index (χ4n) is 3.32. The van der Waals surface area contributed by atoms with Gasteiger partial charge in [0, 0.05) is 11.7 Å². The zero-order valence-electron chi connectivity index (χ0n) is 10.2. The Bertz CT molecular complexity index is 463. The maximum absolute atomic E-state index is 13.0. The van der Waals surface area contributed by atoms with Crippen LogP contribution < -0.4 is 10.6 Å². The molecule has 4 heteroatoms. The third-order valence-electron chi connectivity index (χ3n) is 4.14. The van der Waals surface area contributed by atoms with Gasteiger partial charge in [-0.25, -0.2) is 4.39 Å². The van der Waals surface area contributed by atoms with Crippen LogP contribution in [0.15, 0.2) is 24.3 Å². The second-order valence-electron chi connectivity index (χ2n) is 5.39. The highest BCUT2D eigenvalue weighted by molar-refractivity contribution is 7.80. The lowest BCUT2D eigenvalue weighted by Crippen LogP contribution is -2.40. The second kappa shape index (κ2) is 4.84. The lowest BCUT2D eigenvalue weighted by atomic mass is 9.96. The average molecular weight is 264 g/mol. The van der Waals surface area contributed by atoms with Gasteiger partial charge in [-0.05, 0) is 61.5 Å². The van der Waals surface area contributed by atoms with Crippen LogP contribution >= 0.6 is 12.2 Å². The Hall–Kier alpha value is -1.16. The van der Waals surface area contributed by atoms with Gasteiger partial charge in [0.15, 0.2) is 5.11 Å². The number of rotatable bonds is 2. The van der Waals surface area contributed by atoms with E-state index in [0.29, 0.717) is 16.8 Å². The quantitative estimate of drug-likeness (QED) is 0.801. The maximum atomic E-state index is 13.0. The topological polar surface area (TPSA) is 24.1 Å². The molecule has 96 valence electrons. The van der Waals surface area contributed by atoms with Crippen molar-refractivity contribution >= 4 is 23.0 Å². The molecule has 3 rings (SSSR count). The third-order valence-corrected chi connectivity index (χ3v) is 4.36. The molecule has 2 N–H and O–H groups in total. The number of fused-ring (bicyclic) bond motifs is 2. The van der Waals surface area contributed by atoms with E-state index in [1.54, 1.807) is 6.07 Å². The molecule has 2 bridgehead atoms. The molecule has 2 aliphatic rings. The molecule has 2 saturated carbocycles. The van der Waals surface area contributed by atoms with Crippen LogP contribution in [0.1, 0.15) is 25.7 Å². The molecule has 2 nitrogen and oxygen atoms in total. The lowest BCUT2D eigenvalue weighted by molar-refractivity contribution is 0.392. The molecule has 0 aliphatic heterocycles. The van der Waals surface area contributed by atoms with Gasteiger partial charge < -0.3 is 10.6 Å². The van der Waals surface area contributed by atoms with Crippen LogP contribution in [0.5, 0.6) is 0 Å². The van der Waals surface area contributed by atoms with Crippen molar-refractivity contribution in [3.05, 3.63) is 30.1 Å². The Labute approximate surface area is 112 Å². The lowest BCUT2D eigenvalue weighted by Gasteiger charge is -2.24. The first-order chi connectivity index (χ1) is 8.70. The zero-order valence-corrected chi connectivity index (χ0v) is 11.0. The van der Waals surface area contributed by atoms with E-state index in [-0.39, 0.29) is 5.82 Å². The normalized spacial score (nSPS) is 29.3. The Morgan fingerprint density at radius 3 is 2.83 bits per heavy atom. The molecule has 0 heterocycles. The van der Waals surface area contributed by atoms with Crippen molar-refractivity contribution < 1.29 is 4.39 Å². The molecule has 18 heavy (non-hydrogen) atoms. The van der Waals surface area contributed by atoms with Gasteiger partial charge in [-0.1, -0.05) is 12.5 Å². The SMILES string of the molecule is Fc1cccc(NC(=S)N[C@@H]2C[C@@H]3CC[C@@H]2C3)c1. The average Bonchev–Trinajstić information content (AvgIpc) is 2.90. The second-order valence-corrected chi connectivity index (χ2v) is 5.80. The molecule has 3 atom stereocenters. The van der Waals surface area contributed by atoms with Crippen molar-refractivity contribution in [3.8, 4) is 0 Å². The highest BCUT2D eigenvalue weighted by atomic mass is 32.1. The van der Waals surface area contributed by atoms with Gasteiger partial charge in [0.25, 0.3) is 0 Å². The highest BCUT2D eigenvalue weighted by Gasteiger charge is 2.39. The Kier molecular flexibility index (Phi) is 3.20. The molecule has 0 aromatic heterocycles. The molecule has 1 aromatic carbocycles. The van der Waals surface area contributed by atoms with Gasteiger partial charge in [0.2, 0.25) is 0 Å². The molecule has 0 unspecified atom stereocenters. The van der Waals surface area contributed by atoms with Gasteiger partial charge in [-0.3, -0.25) is 0 Å². The number of benzene rings is 1. The molecule has 0 spiro atoms. The molecule has 0 saturated heterocycles. The first-order valence-electron chi connectivity index (χ1n) is 6.54. The van der Waals surface area contributed by atoms with Gasteiger partial charge in [-0.15, -0.1) is 0 Å². The summed E-state index contributed by atoms with van der Waals surface area (Å²) in [5.41, 5.74) is 0.704. The smallest absolute Gasteiger partial charge is 0.171 e. The summed E-state index contributed by atoms with van der Waals surface area (Å²) in [6, 6.07) is 6.89. The summed E-state index contributed by atoms with van der Waals surface area (Å²) in [5.74, 6) is 1.43. The Balaban J connectivity index is 1.56. The van der Waals surface area contributed by atoms with Crippen LogP contribution in [0.25, 0.3) is 0 Å². The number of nitrogens with one attached hydrogen (secondary N) is 2. The number of anilines is 1. The molecule has 1 aromatic rings. The van der Waals surface area contributed by atoms with E-state index in [2.05, 4.69) is 10.6 Å². The number of halogens is 1. The van der Waals surface area contributed by atoms with E-state index < -0.39 is 0 Å². The van der Waals surface area contributed by atoms with Crippen LogP contribution in [-0.2, 0) is 0 Å². The highest BCUT2D eigenvalue weighted by Crippen LogP contribution is 2.44. The van der Waals surface area contributed by atoms with E-state index in [1.165, 1.54) is 37.8 Å². The number of hydrogen-bond donors (Lipinski definition) is 2. The minimum Gasteiger partial charge on any atom is -0.359 e. The van der Waals surface area contributed by atoms with Gasteiger partial charge >= 0.3 is 0 Å². The molecule has 0 radical (unpaired) electrons. The molecular weight excluding hydrogens is 247 g/mol. The van der Waals surface area contributed by atoms with Gasteiger partial charge in [0.1, 0.15) is 5.82 Å². The minimum absolute atomic E-state index is 0.247. The molecular formula is C14H17FN2S. The zero-order chi connectivity index (χ0) is 12.5. The summed E-state index contributed by atoms with van der Waals surface area (Å²) < 4.78 is 13.0. The standard InChI is InChI=1S/C14H17FN2S/c15-11-2-1-3-12(8-11)16-14(18)17-13-7-9-4-5-10(13)6-9/h1-3,8-10,13H,4-7H2,(H2,16,17,18)/t9-,10-,13-/m1/s1. The van der Waals surface area contributed by atoms with Crippen molar-refractivity contribution in [2.75, 3.05) is 5.32 Å². The summed E-state index contributed by atoms with van der Waals surface area (Å²) in [4.78, 5) is 0. The van der Waals surface area contributed by atoms with Crippen molar-refractivity contribution in [3.63, 3.8) is 0 Å². The predicted octanol–water partition coefficient (Wildman–Crippen LogP) is 3.30. The van der Waals surface area contributed by atoms with Gasteiger partial charge in [-0.2, -0.15) is 0 Å². The van der Waals surface area contributed by atoms with E-state index >= 15 is 0 Å². The fraction of sp³-hybridized carbons (Fsp3) is 0.500. The fourth-order valence-corrected chi connectivity index (χ4v) is 3.59. The number of thiocarbonyl (C=S) groups is 1. The van der Waals surface area contributed by atoms with Crippen molar-refractivity contribution in [1.29, 1.82) is 0 Å². The van der Waals surface area contributed by atoms with E-state index in [0.717, 1.165) is 11.8 Å². The van der Waals surface area contributed by atoms with Crippen LogP contribution in [0.3, 0.4) is 0 Å². The summed E-state index contributed by atoms with van der Waals surface area (Å²) in [6.07, 6.45) is 5.29. The van der Waals surface area contributed by atoms with E-state index in [4.69, 9.17) is 12.2 Å². The summed E-state index contributed by atoms with van der Waals surface area (Å²) in [7, 11) is 0. The van der Waals surface area contributed by atoms with E-state index in [9.17, 15) is 4.39 Å². The summed E-state index contributed by atoms with van der Waals surface area (Å²) >= 11 is 5.29. The minimum atomic E-state index is -0.247. The van der Waals surface area contributed by atoms with Crippen LogP contribution in [0.4, 0.5) is 10.1 Å². The maximum Gasteiger partial charge on any atom is 0.171 e. The van der Waals surface area contributed by atoms with Crippen LogP contribution in [-0.4, -0.2) is 11.2 Å². The van der Waals surface area contributed by atoms with Crippen molar-refractivity contribution in [2.45, 2.75) is 31.7 Å². The first kappa shape index (κ1) is 11.9. The Morgan fingerprint density at radius 1 is 1.28 bits per heavy atom.